The second kappa shape index (κ2) is 19.7. The topological polar surface area (TPSA) is 157 Å². The van der Waals surface area contributed by atoms with Crippen LogP contribution in [0.3, 0.4) is 0 Å². The zero-order valence-electron chi connectivity index (χ0n) is 30.8. The molecule has 2 unspecified atom stereocenters. The maximum absolute atomic E-state index is 12.9. The molecule has 2 fully saturated rings. The molecule has 3 rings (SSSR count). The van der Waals surface area contributed by atoms with E-state index in [1.54, 1.807) is 32.8 Å². The maximum atomic E-state index is 12.9. The summed E-state index contributed by atoms with van der Waals surface area (Å²) in [5, 5.41) is 33.6. The molecule has 15 atom stereocenters. The van der Waals surface area contributed by atoms with Crippen molar-refractivity contribution < 1.29 is 53.3 Å². The zero-order chi connectivity index (χ0) is 36.4. The van der Waals surface area contributed by atoms with Crippen molar-refractivity contribution in [1.82, 2.24) is 9.80 Å². The minimum atomic E-state index is -1.37. The van der Waals surface area contributed by atoms with Crippen LogP contribution in [-0.4, -0.2) is 152 Å². The van der Waals surface area contributed by atoms with Crippen LogP contribution in [0.15, 0.2) is 24.3 Å². The number of carbonyl (C=O) groups is 2. The Kier molecular flexibility index (Phi) is 16.8. The van der Waals surface area contributed by atoms with E-state index >= 15 is 0 Å². The number of cyclic esters (lactones) is 1. The monoisotopic (exact) mass is 698 g/mol. The van der Waals surface area contributed by atoms with E-state index in [4.69, 9.17) is 28.4 Å². The van der Waals surface area contributed by atoms with Crippen LogP contribution >= 0.6 is 0 Å². The fourth-order valence-electron chi connectivity index (χ4n) is 7.35. The second-order valence-electron chi connectivity index (χ2n) is 14.4. The second-order valence-corrected chi connectivity index (χ2v) is 14.4. The van der Waals surface area contributed by atoms with E-state index in [2.05, 4.69) is 11.8 Å². The van der Waals surface area contributed by atoms with Crippen molar-refractivity contribution in [3.63, 3.8) is 0 Å². The number of carbonyl (C=O) groups excluding carboxylic acids is 2. The van der Waals surface area contributed by atoms with E-state index in [0.29, 0.717) is 12.8 Å². The van der Waals surface area contributed by atoms with Gasteiger partial charge in [0.25, 0.3) is 0 Å². The van der Waals surface area contributed by atoms with Crippen LogP contribution < -0.4 is 0 Å². The summed E-state index contributed by atoms with van der Waals surface area (Å²) in [5.41, 5.74) is 0. The van der Waals surface area contributed by atoms with Crippen molar-refractivity contribution in [2.45, 2.75) is 146 Å². The van der Waals surface area contributed by atoms with Gasteiger partial charge in [-0.1, -0.05) is 31.2 Å². The van der Waals surface area contributed by atoms with Crippen molar-refractivity contribution in [3.8, 4) is 0 Å². The number of likely N-dealkylation sites (N-methyl/N-ethyl adjacent to an activating group) is 2. The Morgan fingerprint density at radius 1 is 0.918 bits per heavy atom. The Bertz CT molecular complexity index is 1070. The van der Waals surface area contributed by atoms with Crippen molar-refractivity contribution in [2.24, 2.45) is 11.8 Å². The van der Waals surface area contributed by atoms with Gasteiger partial charge in [0.1, 0.15) is 24.6 Å². The first kappa shape index (κ1) is 41.6. The average molecular weight is 699 g/mol. The average Bonchev–Trinajstić information content (AvgIpc) is 3.01. The molecule has 0 radical (unpaired) electrons. The van der Waals surface area contributed by atoms with Crippen LogP contribution in [0.2, 0.25) is 0 Å². The van der Waals surface area contributed by atoms with E-state index in [0.717, 1.165) is 19.1 Å². The number of aldehydes is 1. The Labute approximate surface area is 292 Å². The van der Waals surface area contributed by atoms with Gasteiger partial charge in [-0.05, 0) is 80.1 Å². The molecule has 0 spiro atoms. The highest BCUT2D eigenvalue weighted by atomic mass is 16.7. The summed E-state index contributed by atoms with van der Waals surface area (Å²) in [6.45, 7) is 7.53. The Hall–Kier alpha value is -1.78. The highest BCUT2D eigenvalue weighted by Crippen LogP contribution is 2.34. The lowest BCUT2D eigenvalue weighted by molar-refractivity contribution is -0.309. The van der Waals surface area contributed by atoms with E-state index in [1.807, 2.05) is 45.3 Å². The summed E-state index contributed by atoms with van der Waals surface area (Å²) in [6, 6.07) is -0.434. The highest BCUT2D eigenvalue weighted by Gasteiger charge is 2.48. The summed E-state index contributed by atoms with van der Waals surface area (Å²) in [5.74, 6) is -1.35. The number of rotatable bonds is 9. The molecule has 0 saturated carbocycles. The number of ether oxygens (including phenoxy) is 6. The summed E-state index contributed by atoms with van der Waals surface area (Å²) < 4.78 is 36.8. The van der Waals surface area contributed by atoms with Crippen molar-refractivity contribution >= 4 is 12.3 Å². The molecule has 0 aromatic rings. The molecule has 0 aliphatic carbocycles. The van der Waals surface area contributed by atoms with Crippen LogP contribution in [0.25, 0.3) is 0 Å². The molecule has 2 saturated heterocycles. The minimum Gasteiger partial charge on any atom is -0.462 e. The van der Waals surface area contributed by atoms with E-state index < -0.39 is 79.3 Å². The van der Waals surface area contributed by atoms with Crippen LogP contribution in [0.5, 0.6) is 0 Å². The molecule has 3 aliphatic heterocycles. The SMILES string of the molecule is CO[C@H]1[C@H](O)CC(=O)O[C@H](C)C/C=C/C=C/[C@H](OC2CC[C@H](N(C)C)[C@@H](C)O2)[C@H](C)CC(CC=O)[C@@H]1O[C@@H]1O[C@H](C)[C@@H](O)[C@H](N(C)C)[C@H]1O. The van der Waals surface area contributed by atoms with Gasteiger partial charge < -0.3 is 58.3 Å². The molecule has 3 aliphatic rings. The molecule has 49 heavy (non-hydrogen) atoms. The third-order valence-electron chi connectivity index (χ3n) is 10.1. The number of aliphatic hydroxyl groups is 3. The standard InChI is InChI=1S/C36H62N2O11/c1-21-19-25(17-18-39)34(49-36-33(43)31(38(7)8)32(42)24(4)47-36)35(44-9)27(40)20-29(41)45-22(2)13-11-10-12-14-28(21)48-30-16-15-26(37(5)6)23(3)46-30/h10-12,14,18,21-28,30-36,40,42-43H,13,15-17,19-20H2,1-9H3/b11-10+,14-12+/t21-,22-,23-,24-,25?,26+,27-,28+,30?,31+,32-,33-,34+,35+,36+/m1/s1. The normalized spacial score (nSPS) is 43.2. The lowest BCUT2D eigenvalue weighted by Crippen LogP contribution is -2.63. The maximum Gasteiger partial charge on any atom is 0.308 e. The summed E-state index contributed by atoms with van der Waals surface area (Å²) in [4.78, 5) is 29.0. The quantitative estimate of drug-likeness (QED) is 0.238. The number of allylic oxidation sites excluding steroid dienone is 2. The fourth-order valence-corrected chi connectivity index (χ4v) is 7.35. The first-order chi connectivity index (χ1) is 23.2. The van der Waals surface area contributed by atoms with Crippen molar-refractivity contribution in [3.05, 3.63) is 24.3 Å². The lowest BCUT2D eigenvalue weighted by atomic mass is 9.82. The van der Waals surface area contributed by atoms with Gasteiger partial charge in [0.2, 0.25) is 0 Å². The van der Waals surface area contributed by atoms with Crippen molar-refractivity contribution in [1.29, 1.82) is 0 Å². The predicted octanol–water partition coefficient (Wildman–Crippen LogP) is 2.05. The molecule has 282 valence electrons. The van der Waals surface area contributed by atoms with Crippen LogP contribution in [0.4, 0.5) is 0 Å². The first-order valence-electron chi connectivity index (χ1n) is 17.7. The molecule has 0 aromatic heterocycles. The highest BCUT2D eigenvalue weighted by molar-refractivity contribution is 5.70. The van der Waals surface area contributed by atoms with Gasteiger partial charge >= 0.3 is 5.97 Å². The third-order valence-corrected chi connectivity index (χ3v) is 10.1. The van der Waals surface area contributed by atoms with Gasteiger partial charge in [-0.25, -0.2) is 0 Å². The Morgan fingerprint density at radius 2 is 1.63 bits per heavy atom. The summed E-state index contributed by atoms with van der Waals surface area (Å²) in [6.07, 6.45) is 1.58. The lowest BCUT2D eigenvalue weighted by Gasteiger charge is -2.46. The minimum absolute atomic E-state index is 0.0262. The van der Waals surface area contributed by atoms with E-state index in [1.165, 1.54) is 7.11 Å². The third kappa shape index (κ3) is 11.6. The Morgan fingerprint density at radius 3 is 2.24 bits per heavy atom. The number of hydrogen-bond acceptors (Lipinski definition) is 13. The van der Waals surface area contributed by atoms with Crippen molar-refractivity contribution in [2.75, 3.05) is 35.3 Å². The molecule has 3 N–H and O–H groups in total. The molecule has 13 nitrogen and oxygen atoms in total. The van der Waals surface area contributed by atoms with Gasteiger partial charge in [0.15, 0.2) is 12.6 Å². The molecule has 0 aromatic carbocycles. The molecular weight excluding hydrogens is 636 g/mol. The van der Waals surface area contributed by atoms with Gasteiger partial charge in [-0.2, -0.15) is 0 Å². The molecule has 0 bridgehead atoms. The summed E-state index contributed by atoms with van der Waals surface area (Å²) >= 11 is 0. The van der Waals surface area contributed by atoms with Gasteiger partial charge in [0.05, 0.1) is 49.1 Å². The smallest absolute Gasteiger partial charge is 0.308 e. The largest absolute Gasteiger partial charge is 0.462 e. The number of methoxy groups -OCH3 is 1. The summed E-state index contributed by atoms with van der Waals surface area (Å²) in [7, 11) is 8.97. The molecule has 3 heterocycles. The molecule has 0 amide bonds. The Balaban J connectivity index is 2.00. The number of esters is 1. The predicted molar refractivity (Wildman–Crippen MR) is 182 cm³/mol. The van der Waals surface area contributed by atoms with E-state index in [9.17, 15) is 24.9 Å². The number of aliphatic hydroxyl groups excluding tert-OH is 3. The molecular formula is C36H62N2O11. The van der Waals surface area contributed by atoms with Gasteiger partial charge in [-0.3, -0.25) is 4.79 Å². The van der Waals surface area contributed by atoms with Gasteiger partial charge in [0, 0.05) is 26.0 Å². The number of nitrogens with zero attached hydrogens (tertiary/aromatic N) is 2. The van der Waals surface area contributed by atoms with Gasteiger partial charge in [-0.15, -0.1) is 0 Å². The van der Waals surface area contributed by atoms with Crippen LogP contribution in [-0.2, 0) is 38.0 Å². The van der Waals surface area contributed by atoms with Crippen LogP contribution in [0, 0.1) is 11.8 Å². The van der Waals surface area contributed by atoms with E-state index in [-0.39, 0.29) is 30.9 Å². The number of hydrogen-bond donors (Lipinski definition) is 3. The van der Waals surface area contributed by atoms with Crippen LogP contribution in [0.1, 0.15) is 66.2 Å². The zero-order valence-corrected chi connectivity index (χ0v) is 30.8. The molecule has 13 heteroatoms. The first-order valence-corrected chi connectivity index (χ1v) is 17.7. The fraction of sp³-hybridized carbons (Fsp3) is 0.833.